The second-order valence-corrected chi connectivity index (χ2v) is 7.96. The monoisotopic (exact) mass is 406 g/mol. The molecular weight excluding hydrogens is 388 g/mol. The number of fused-ring (bicyclic) bond motifs is 1. The molecule has 0 radical (unpaired) electrons. The molecule has 7 heteroatoms. The molecule has 1 N–H and O–H groups in total. The van der Waals surface area contributed by atoms with Gasteiger partial charge in [0.1, 0.15) is 5.69 Å². The van der Waals surface area contributed by atoms with Crippen molar-refractivity contribution < 1.29 is 9.59 Å². The Balaban J connectivity index is 1.52. The summed E-state index contributed by atoms with van der Waals surface area (Å²) >= 11 is 6.04. The standard InChI is InChI=1S/C22H19ClN4O2/c23-16-8-6-14(7-9-16)21-18(12-27(25-21)17-4-2-1-3-5-17)22(29)26-11-15-10-20(28)24-19(15)13-26/h1-9,12,15,19H,10-11,13H2,(H,24,28)/t15-,19+/m0/s1. The Hall–Kier alpha value is -3.12. The summed E-state index contributed by atoms with van der Waals surface area (Å²) in [5.41, 5.74) is 2.88. The largest absolute Gasteiger partial charge is 0.351 e. The van der Waals surface area contributed by atoms with E-state index in [1.165, 1.54) is 0 Å². The molecule has 3 aromatic rings. The fourth-order valence-corrected chi connectivity index (χ4v) is 4.27. The van der Waals surface area contributed by atoms with Gasteiger partial charge in [0.25, 0.3) is 5.91 Å². The highest BCUT2D eigenvalue weighted by molar-refractivity contribution is 6.30. The number of amides is 2. The molecule has 0 aliphatic carbocycles. The molecule has 1 aromatic heterocycles. The molecular formula is C22H19ClN4O2. The lowest BCUT2D eigenvalue weighted by atomic mass is 10.1. The van der Waals surface area contributed by atoms with Crippen LogP contribution in [0.3, 0.4) is 0 Å². The Morgan fingerprint density at radius 3 is 2.55 bits per heavy atom. The first-order chi connectivity index (χ1) is 14.1. The smallest absolute Gasteiger partial charge is 0.257 e. The number of aromatic nitrogens is 2. The third kappa shape index (κ3) is 3.29. The minimum Gasteiger partial charge on any atom is -0.351 e. The number of nitrogens with one attached hydrogen (secondary N) is 1. The fourth-order valence-electron chi connectivity index (χ4n) is 4.15. The Bertz CT molecular complexity index is 1060. The van der Waals surface area contributed by atoms with E-state index < -0.39 is 0 Å². The van der Waals surface area contributed by atoms with Crippen molar-refractivity contribution >= 4 is 23.4 Å². The van der Waals surface area contributed by atoms with E-state index in [-0.39, 0.29) is 23.8 Å². The van der Waals surface area contributed by atoms with Crippen LogP contribution in [0.15, 0.2) is 60.8 Å². The van der Waals surface area contributed by atoms with E-state index in [1.54, 1.807) is 23.0 Å². The van der Waals surface area contributed by atoms with E-state index >= 15 is 0 Å². The van der Waals surface area contributed by atoms with Gasteiger partial charge in [0.05, 0.1) is 17.3 Å². The minimum atomic E-state index is -0.0687. The van der Waals surface area contributed by atoms with Crippen molar-refractivity contribution in [2.45, 2.75) is 12.5 Å². The van der Waals surface area contributed by atoms with Gasteiger partial charge in [0, 0.05) is 42.2 Å². The lowest BCUT2D eigenvalue weighted by Gasteiger charge is -2.17. The fraction of sp³-hybridized carbons (Fsp3) is 0.227. The maximum atomic E-state index is 13.4. The lowest BCUT2D eigenvalue weighted by molar-refractivity contribution is -0.119. The van der Waals surface area contributed by atoms with Gasteiger partial charge in [0.2, 0.25) is 5.91 Å². The number of nitrogens with zero attached hydrogens (tertiary/aromatic N) is 3. The molecule has 2 atom stereocenters. The van der Waals surface area contributed by atoms with Crippen molar-refractivity contribution in [2.75, 3.05) is 13.1 Å². The number of likely N-dealkylation sites (tertiary alicyclic amines) is 1. The third-order valence-electron chi connectivity index (χ3n) is 5.61. The highest BCUT2D eigenvalue weighted by Gasteiger charge is 2.42. The molecule has 0 spiro atoms. The van der Waals surface area contributed by atoms with E-state index in [4.69, 9.17) is 16.7 Å². The van der Waals surface area contributed by atoms with Gasteiger partial charge < -0.3 is 10.2 Å². The van der Waals surface area contributed by atoms with Gasteiger partial charge in [0.15, 0.2) is 0 Å². The van der Waals surface area contributed by atoms with E-state index in [2.05, 4.69) is 5.32 Å². The van der Waals surface area contributed by atoms with Crippen molar-refractivity contribution in [3.63, 3.8) is 0 Å². The van der Waals surface area contributed by atoms with Crippen LogP contribution in [0, 0.1) is 5.92 Å². The molecule has 0 unspecified atom stereocenters. The Kier molecular flexibility index (Phi) is 4.36. The highest BCUT2D eigenvalue weighted by Crippen LogP contribution is 2.30. The van der Waals surface area contributed by atoms with Crippen LogP contribution < -0.4 is 5.32 Å². The lowest BCUT2D eigenvalue weighted by Crippen LogP contribution is -2.35. The van der Waals surface area contributed by atoms with Gasteiger partial charge in [-0.15, -0.1) is 0 Å². The summed E-state index contributed by atoms with van der Waals surface area (Å²) in [7, 11) is 0. The van der Waals surface area contributed by atoms with Gasteiger partial charge in [-0.3, -0.25) is 9.59 Å². The van der Waals surface area contributed by atoms with Gasteiger partial charge in [-0.25, -0.2) is 4.68 Å². The number of carbonyl (C=O) groups excluding carboxylic acids is 2. The molecule has 6 nitrogen and oxygen atoms in total. The van der Waals surface area contributed by atoms with Gasteiger partial charge in [-0.1, -0.05) is 41.9 Å². The predicted octanol–water partition coefficient (Wildman–Crippen LogP) is 3.15. The van der Waals surface area contributed by atoms with Crippen molar-refractivity contribution in [3.8, 4) is 16.9 Å². The highest BCUT2D eigenvalue weighted by atomic mass is 35.5. The number of rotatable bonds is 3. The van der Waals surface area contributed by atoms with Crippen LogP contribution in [0.25, 0.3) is 16.9 Å². The molecule has 29 heavy (non-hydrogen) atoms. The van der Waals surface area contributed by atoms with Crippen LogP contribution in [-0.2, 0) is 4.79 Å². The van der Waals surface area contributed by atoms with Gasteiger partial charge >= 0.3 is 0 Å². The van der Waals surface area contributed by atoms with E-state index in [1.807, 2.05) is 47.4 Å². The maximum Gasteiger partial charge on any atom is 0.257 e. The summed E-state index contributed by atoms with van der Waals surface area (Å²) in [4.78, 5) is 26.8. The first kappa shape index (κ1) is 17.9. The quantitative estimate of drug-likeness (QED) is 0.726. The van der Waals surface area contributed by atoms with E-state index in [0.717, 1.165) is 11.3 Å². The molecule has 3 heterocycles. The molecule has 2 aliphatic heterocycles. The van der Waals surface area contributed by atoms with Crippen LogP contribution >= 0.6 is 11.6 Å². The summed E-state index contributed by atoms with van der Waals surface area (Å²) in [6.07, 6.45) is 2.27. The van der Waals surface area contributed by atoms with Crippen molar-refractivity contribution in [2.24, 2.45) is 5.92 Å². The molecule has 2 fully saturated rings. The zero-order chi connectivity index (χ0) is 20.0. The van der Waals surface area contributed by atoms with Crippen LogP contribution in [0.1, 0.15) is 16.8 Å². The number of halogens is 1. The summed E-state index contributed by atoms with van der Waals surface area (Å²) in [5, 5.41) is 8.31. The average Bonchev–Trinajstić information content (AvgIpc) is 3.41. The van der Waals surface area contributed by atoms with Crippen LogP contribution in [-0.4, -0.2) is 45.6 Å². The van der Waals surface area contributed by atoms with Crippen LogP contribution in [0.5, 0.6) is 0 Å². The van der Waals surface area contributed by atoms with Crippen molar-refractivity contribution in [1.29, 1.82) is 0 Å². The van der Waals surface area contributed by atoms with Crippen LogP contribution in [0.2, 0.25) is 5.02 Å². The minimum absolute atomic E-state index is 0.0506. The van der Waals surface area contributed by atoms with Crippen LogP contribution in [0.4, 0.5) is 0 Å². The van der Waals surface area contributed by atoms with Crippen molar-refractivity contribution in [3.05, 3.63) is 71.4 Å². The van der Waals surface area contributed by atoms with Gasteiger partial charge in [-0.2, -0.15) is 5.10 Å². The molecule has 0 saturated carbocycles. The molecule has 146 valence electrons. The summed E-state index contributed by atoms with van der Waals surface area (Å²) in [6, 6.07) is 17.1. The second-order valence-electron chi connectivity index (χ2n) is 7.53. The predicted molar refractivity (Wildman–Crippen MR) is 110 cm³/mol. The summed E-state index contributed by atoms with van der Waals surface area (Å²) in [6.45, 7) is 1.12. The first-order valence-electron chi connectivity index (χ1n) is 9.58. The topological polar surface area (TPSA) is 67.2 Å². The number of benzene rings is 2. The first-order valence-corrected chi connectivity index (χ1v) is 9.96. The number of hydrogen-bond acceptors (Lipinski definition) is 3. The Labute approximate surface area is 173 Å². The zero-order valence-corrected chi connectivity index (χ0v) is 16.3. The maximum absolute atomic E-state index is 13.4. The molecule has 2 amide bonds. The normalized spacial score (nSPS) is 20.6. The molecule has 2 aromatic carbocycles. The number of carbonyl (C=O) groups is 2. The van der Waals surface area contributed by atoms with Gasteiger partial charge in [-0.05, 0) is 24.3 Å². The number of hydrogen-bond donors (Lipinski definition) is 1. The zero-order valence-electron chi connectivity index (χ0n) is 15.6. The second kappa shape index (κ2) is 7.04. The Morgan fingerprint density at radius 1 is 1.07 bits per heavy atom. The third-order valence-corrected chi connectivity index (χ3v) is 5.86. The molecule has 2 aliphatic rings. The van der Waals surface area contributed by atoms with E-state index in [0.29, 0.717) is 35.8 Å². The Morgan fingerprint density at radius 2 is 1.83 bits per heavy atom. The summed E-state index contributed by atoms with van der Waals surface area (Å²) < 4.78 is 1.73. The SMILES string of the molecule is O=C1C[C@H]2CN(C(=O)c3cn(-c4ccccc4)nc3-c3ccc(Cl)cc3)C[C@H]2N1. The molecule has 0 bridgehead atoms. The summed E-state index contributed by atoms with van der Waals surface area (Å²) in [5.74, 6) is 0.196. The molecule has 5 rings (SSSR count). The number of para-hydroxylation sites is 1. The average molecular weight is 407 g/mol. The van der Waals surface area contributed by atoms with Crippen molar-refractivity contribution in [1.82, 2.24) is 20.0 Å². The van der Waals surface area contributed by atoms with E-state index in [9.17, 15) is 9.59 Å². The molecule has 2 saturated heterocycles.